The van der Waals surface area contributed by atoms with Crippen LogP contribution in [0.5, 0.6) is 0 Å². The molecule has 4 heteroatoms. The van der Waals surface area contributed by atoms with Gasteiger partial charge in [0.1, 0.15) is 5.65 Å². The number of aromatic amines is 1. The van der Waals surface area contributed by atoms with Gasteiger partial charge >= 0.3 is 0 Å². The Kier molecular flexibility index (Phi) is 4.46. The van der Waals surface area contributed by atoms with Crippen molar-refractivity contribution in [1.82, 2.24) is 9.97 Å². The van der Waals surface area contributed by atoms with E-state index in [2.05, 4.69) is 42.1 Å². The van der Waals surface area contributed by atoms with E-state index in [4.69, 9.17) is 0 Å². The highest BCUT2D eigenvalue weighted by molar-refractivity contribution is 5.87. The SMILES string of the molecule is CC(=O)C=CCc1c[nH]c2ncc(NCC(C)(C)C)cc12. The van der Waals surface area contributed by atoms with Crippen molar-refractivity contribution in [1.29, 1.82) is 0 Å². The fraction of sp³-hybridized carbons (Fsp3) is 0.412. The number of carbonyl (C=O) groups is 1. The van der Waals surface area contributed by atoms with E-state index in [0.29, 0.717) is 0 Å². The van der Waals surface area contributed by atoms with Gasteiger partial charge in [0.15, 0.2) is 5.78 Å². The Morgan fingerprint density at radius 1 is 1.43 bits per heavy atom. The molecule has 112 valence electrons. The van der Waals surface area contributed by atoms with Gasteiger partial charge < -0.3 is 10.3 Å². The molecule has 0 aliphatic heterocycles. The normalized spacial score (nSPS) is 12.2. The summed E-state index contributed by atoms with van der Waals surface area (Å²) < 4.78 is 0. The molecule has 2 heterocycles. The predicted octanol–water partition coefficient (Wildman–Crippen LogP) is 3.71. The molecule has 0 saturated carbocycles. The average molecular weight is 285 g/mol. The predicted molar refractivity (Wildman–Crippen MR) is 87.6 cm³/mol. The highest BCUT2D eigenvalue weighted by atomic mass is 16.1. The first kappa shape index (κ1) is 15.3. The van der Waals surface area contributed by atoms with E-state index in [1.165, 1.54) is 0 Å². The van der Waals surface area contributed by atoms with E-state index in [9.17, 15) is 4.79 Å². The summed E-state index contributed by atoms with van der Waals surface area (Å²) in [6.07, 6.45) is 8.02. The number of nitrogens with one attached hydrogen (secondary N) is 2. The number of allylic oxidation sites excluding steroid dienone is 2. The number of pyridine rings is 1. The van der Waals surface area contributed by atoms with Crippen LogP contribution in [-0.4, -0.2) is 22.3 Å². The van der Waals surface area contributed by atoms with Gasteiger partial charge in [0.05, 0.1) is 11.9 Å². The van der Waals surface area contributed by atoms with Crippen molar-refractivity contribution >= 4 is 22.5 Å². The van der Waals surface area contributed by atoms with Crippen LogP contribution < -0.4 is 5.32 Å². The standard InChI is InChI=1S/C17H23N3O/c1-12(21)6-5-7-13-9-18-16-15(13)8-14(10-19-16)20-11-17(2,3)4/h5-6,8-10,20H,7,11H2,1-4H3,(H,18,19). The highest BCUT2D eigenvalue weighted by Crippen LogP contribution is 2.22. The minimum Gasteiger partial charge on any atom is -0.383 e. The molecule has 2 aromatic rings. The topological polar surface area (TPSA) is 57.8 Å². The molecule has 0 fully saturated rings. The lowest BCUT2D eigenvalue weighted by Crippen LogP contribution is -2.19. The van der Waals surface area contributed by atoms with Gasteiger partial charge in [-0.05, 0) is 36.5 Å². The van der Waals surface area contributed by atoms with Gasteiger partial charge in [-0.1, -0.05) is 26.8 Å². The summed E-state index contributed by atoms with van der Waals surface area (Å²) in [5.74, 6) is 0.0699. The van der Waals surface area contributed by atoms with Crippen molar-refractivity contribution in [3.63, 3.8) is 0 Å². The lowest BCUT2D eigenvalue weighted by molar-refractivity contribution is -0.112. The molecule has 2 rings (SSSR count). The molecule has 0 radical (unpaired) electrons. The van der Waals surface area contributed by atoms with Gasteiger partial charge in [0.25, 0.3) is 0 Å². The Morgan fingerprint density at radius 3 is 2.86 bits per heavy atom. The van der Waals surface area contributed by atoms with Crippen LogP contribution in [0, 0.1) is 5.41 Å². The quantitative estimate of drug-likeness (QED) is 0.823. The fourth-order valence-corrected chi connectivity index (χ4v) is 2.04. The number of rotatable bonds is 5. The molecule has 0 spiro atoms. The molecule has 4 nitrogen and oxygen atoms in total. The first-order valence-corrected chi connectivity index (χ1v) is 7.22. The smallest absolute Gasteiger partial charge is 0.152 e. The largest absolute Gasteiger partial charge is 0.383 e. The van der Waals surface area contributed by atoms with Crippen molar-refractivity contribution in [3.05, 3.63) is 36.2 Å². The third-order valence-corrected chi connectivity index (χ3v) is 3.13. The summed E-state index contributed by atoms with van der Waals surface area (Å²) in [4.78, 5) is 18.6. The lowest BCUT2D eigenvalue weighted by atomic mass is 9.97. The number of hydrogen-bond acceptors (Lipinski definition) is 3. The van der Waals surface area contributed by atoms with Crippen LogP contribution in [-0.2, 0) is 11.2 Å². The number of ketones is 1. The molecule has 2 N–H and O–H groups in total. The van der Waals surface area contributed by atoms with Crippen molar-refractivity contribution in [2.24, 2.45) is 5.41 Å². The van der Waals surface area contributed by atoms with E-state index in [-0.39, 0.29) is 11.2 Å². The van der Waals surface area contributed by atoms with Gasteiger partial charge in [0, 0.05) is 18.1 Å². The first-order valence-electron chi connectivity index (χ1n) is 7.22. The van der Waals surface area contributed by atoms with Crippen LogP contribution in [0.3, 0.4) is 0 Å². The number of fused-ring (bicyclic) bond motifs is 1. The number of nitrogens with zero attached hydrogens (tertiary/aromatic N) is 1. The molecule has 0 amide bonds. The summed E-state index contributed by atoms with van der Waals surface area (Å²) in [6, 6.07) is 2.11. The molecule has 0 aliphatic carbocycles. The zero-order valence-corrected chi connectivity index (χ0v) is 13.2. The van der Waals surface area contributed by atoms with E-state index in [1.54, 1.807) is 13.0 Å². The minimum absolute atomic E-state index is 0.0699. The number of hydrogen-bond donors (Lipinski definition) is 2. The Morgan fingerprint density at radius 2 is 2.19 bits per heavy atom. The molecule has 0 atom stereocenters. The molecule has 0 bridgehead atoms. The van der Waals surface area contributed by atoms with E-state index >= 15 is 0 Å². The molecular formula is C17H23N3O. The van der Waals surface area contributed by atoms with Gasteiger partial charge in [-0.3, -0.25) is 4.79 Å². The molecular weight excluding hydrogens is 262 g/mol. The maximum Gasteiger partial charge on any atom is 0.152 e. The third kappa shape index (κ3) is 4.45. The number of H-pyrrole nitrogens is 1. The summed E-state index contributed by atoms with van der Waals surface area (Å²) in [6.45, 7) is 9.03. The van der Waals surface area contributed by atoms with Crippen LogP contribution in [0.1, 0.15) is 33.3 Å². The van der Waals surface area contributed by atoms with Crippen molar-refractivity contribution < 1.29 is 4.79 Å². The highest BCUT2D eigenvalue weighted by Gasteiger charge is 2.10. The van der Waals surface area contributed by atoms with Gasteiger partial charge in [0.2, 0.25) is 0 Å². The zero-order chi connectivity index (χ0) is 15.5. The van der Waals surface area contributed by atoms with Crippen LogP contribution >= 0.6 is 0 Å². The first-order chi connectivity index (χ1) is 9.85. The maximum absolute atomic E-state index is 11.0. The minimum atomic E-state index is 0.0699. The molecule has 0 aliphatic rings. The van der Waals surface area contributed by atoms with Crippen LogP contribution in [0.2, 0.25) is 0 Å². The monoisotopic (exact) mass is 285 g/mol. The van der Waals surface area contributed by atoms with Crippen molar-refractivity contribution in [3.8, 4) is 0 Å². The lowest BCUT2D eigenvalue weighted by Gasteiger charge is -2.19. The van der Waals surface area contributed by atoms with E-state index < -0.39 is 0 Å². The van der Waals surface area contributed by atoms with Crippen LogP contribution in [0.4, 0.5) is 5.69 Å². The maximum atomic E-state index is 11.0. The molecule has 21 heavy (non-hydrogen) atoms. The Bertz CT molecular complexity index is 662. The number of carbonyl (C=O) groups excluding carboxylic acids is 1. The molecule has 0 saturated heterocycles. The van der Waals surface area contributed by atoms with Crippen molar-refractivity contribution in [2.75, 3.05) is 11.9 Å². The van der Waals surface area contributed by atoms with Gasteiger partial charge in [-0.2, -0.15) is 0 Å². The molecule has 2 aromatic heterocycles. The second-order valence-electron chi connectivity index (χ2n) is 6.57. The molecule has 0 unspecified atom stereocenters. The zero-order valence-electron chi connectivity index (χ0n) is 13.2. The Hall–Kier alpha value is -2.10. The van der Waals surface area contributed by atoms with Gasteiger partial charge in [-0.25, -0.2) is 4.98 Å². The Labute approximate surface area is 125 Å². The second-order valence-corrected chi connectivity index (χ2v) is 6.57. The summed E-state index contributed by atoms with van der Waals surface area (Å²) in [7, 11) is 0. The fourth-order valence-electron chi connectivity index (χ4n) is 2.04. The van der Waals surface area contributed by atoms with Gasteiger partial charge in [-0.15, -0.1) is 0 Å². The van der Waals surface area contributed by atoms with E-state index in [0.717, 1.165) is 35.2 Å². The van der Waals surface area contributed by atoms with Crippen molar-refractivity contribution in [2.45, 2.75) is 34.1 Å². The Balaban J connectivity index is 2.18. The third-order valence-electron chi connectivity index (χ3n) is 3.13. The number of anilines is 1. The molecule has 0 aromatic carbocycles. The second kappa shape index (κ2) is 6.12. The number of aromatic nitrogens is 2. The summed E-state index contributed by atoms with van der Waals surface area (Å²) in [5.41, 5.74) is 3.27. The average Bonchev–Trinajstić information content (AvgIpc) is 2.78. The summed E-state index contributed by atoms with van der Waals surface area (Å²) in [5, 5.41) is 4.52. The van der Waals surface area contributed by atoms with E-state index in [1.807, 2.05) is 18.5 Å². The van der Waals surface area contributed by atoms with Crippen LogP contribution in [0.15, 0.2) is 30.6 Å². The van der Waals surface area contributed by atoms with Crippen LogP contribution in [0.25, 0.3) is 11.0 Å². The summed E-state index contributed by atoms with van der Waals surface area (Å²) >= 11 is 0.